The Morgan fingerprint density at radius 3 is 2.73 bits per heavy atom. The van der Waals surface area contributed by atoms with E-state index in [2.05, 4.69) is 41.7 Å². The minimum Gasteiger partial charge on any atom is -0.355 e. The Labute approximate surface area is 89.1 Å². The molecule has 0 saturated heterocycles. The van der Waals surface area contributed by atoms with Gasteiger partial charge in [0.2, 0.25) is 0 Å². The van der Waals surface area contributed by atoms with E-state index in [4.69, 9.17) is 0 Å². The molecule has 0 amide bonds. The predicted molar refractivity (Wildman–Crippen MR) is 63.9 cm³/mol. The SMILES string of the molecule is [c]1cccc2c1C=Cc1ccccc1N2. The maximum Gasteiger partial charge on any atom is 0.0464 e. The summed E-state index contributed by atoms with van der Waals surface area (Å²) in [4.78, 5) is 0. The smallest absolute Gasteiger partial charge is 0.0464 e. The quantitative estimate of drug-likeness (QED) is 0.572. The molecule has 1 N–H and O–H groups in total. The van der Waals surface area contributed by atoms with E-state index < -0.39 is 0 Å². The van der Waals surface area contributed by atoms with Crippen LogP contribution in [0.15, 0.2) is 42.5 Å². The summed E-state index contributed by atoms with van der Waals surface area (Å²) in [5.41, 5.74) is 4.57. The summed E-state index contributed by atoms with van der Waals surface area (Å²) in [6.07, 6.45) is 4.21. The average molecular weight is 192 g/mol. The molecule has 15 heavy (non-hydrogen) atoms. The number of para-hydroxylation sites is 1. The lowest BCUT2D eigenvalue weighted by atomic mass is 10.1. The molecule has 2 aromatic carbocycles. The minimum atomic E-state index is 1.11. The maximum atomic E-state index is 3.41. The maximum absolute atomic E-state index is 3.41. The van der Waals surface area contributed by atoms with Crippen molar-refractivity contribution < 1.29 is 0 Å². The van der Waals surface area contributed by atoms with E-state index in [1.165, 1.54) is 5.56 Å². The molecule has 0 aliphatic carbocycles. The third kappa shape index (κ3) is 1.42. The molecule has 71 valence electrons. The van der Waals surface area contributed by atoms with Gasteiger partial charge in [-0.2, -0.15) is 0 Å². The van der Waals surface area contributed by atoms with Crippen LogP contribution in [0, 0.1) is 6.07 Å². The van der Waals surface area contributed by atoms with Gasteiger partial charge in [-0.1, -0.05) is 42.5 Å². The second-order valence-corrected chi connectivity index (χ2v) is 3.54. The third-order valence-electron chi connectivity index (χ3n) is 2.55. The molecule has 1 aliphatic heterocycles. The topological polar surface area (TPSA) is 12.0 Å². The van der Waals surface area contributed by atoms with Crippen molar-refractivity contribution in [2.24, 2.45) is 0 Å². The molecule has 3 rings (SSSR count). The van der Waals surface area contributed by atoms with Gasteiger partial charge in [0.15, 0.2) is 0 Å². The summed E-state index contributed by atoms with van der Waals surface area (Å²) in [6.45, 7) is 0. The van der Waals surface area contributed by atoms with Crippen LogP contribution in [-0.4, -0.2) is 0 Å². The average Bonchev–Trinajstić information content (AvgIpc) is 2.48. The van der Waals surface area contributed by atoms with Gasteiger partial charge in [0, 0.05) is 16.9 Å². The number of hydrogen-bond acceptors (Lipinski definition) is 1. The molecule has 1 radical (unpaired) electrons. The van der Waals surface area contributed by atoms with Gasteiger partial charge in [0.1, 0.15) is 0 Å². The second kappa shape index (κ2) is 3.28. The minimum absolute atomic E-state index is 1.11. The van der Waals surface area contributed by atoms with Gasteiger partial charge in [-0.25, -0.2) is 0 Å². The normalized spacial score (nSPS) is 12.3. The van der Waals surface area contributed by atoms with Gasteiger partial charge in [0.25, 0.3) is 0 Å². The fourth-order valence-electron chi connectivity index (χ4n) is 1.77. The van der Waals surface area contributed by atoms with Crippen molar-refractivity contribution in [1.82, 2.24) is 0 Å². The van der Waals surface area contributed by atoms with Crippen molar-refractivity contribution >= 4 is 23.5 Å². The summed E-state index contributed by atoms with van der Waals surface area (Å²) < 4.78 is 0. The summed E-state index contributed by atoms with van der Waals surface area (Å²) in [6, 6.07) is 17.5. The Morgan fingerprint density at radius 1 is 0.867 bits per heavy atom. The van der Waals surface area contributed by atoms with Crippen molar-refractivity contribution in [3.8, 4) is 0 Å². The lowest BCUT2D eigenvalue weighted by molar-refractivity contribution is 1.53. The molecule has 0 spiro atoms. The Morgan fingerprint density at radius 2 is 1.73 bits per heavy atom. The molecule has 1 heteroatoms. The largest absolute Gasteiger partial charge is 0.355 e. The summed E-state index contributed by atoms with van der Waals surface area (Å²) >= 11 is 0. The van der Waals surface area contributed by atoms with Crippen LogP contribution in [0.3, 0.4) is 0 Å². The molecule has 0 saturated carbocycles. The van der Waals surface area contributed by atoms with E-state index in [-0.39, 0.29) is 0 Å². The van der Waals surface area contributed by atoms with Crippen molar-refractivity contribution in [3.05, 3.63) is 59.7 Å². The van der Waals surface area contributed by atoms with E-state index in [1.807, 2.05) is 24.3 Å². The van der Waals surface area contributed by atoms with E-state index in [9.17, 15) is 0 Å². The number of nitrogens with one attached hydrogen (secondary N) is 1. The number of hydrogen-bond donors (Lipinski definition) is 1. The van der Waals surface area contributed by atoms with Crippen LogP contribution in [0.25, 0.3) is 12.2 Å². The molecule has 2 aromatic rings. The highest BCUT2D eigenvalue weighted by atomic mass is 14.9. The highest BCUT2D eigenvalue weighted by Crippen LogP contribution is 2.29. The number of rotatable bonds is 0. The zero-order valence-electron chi connectivity index (χ0n) is 8.20. The molecule has 0 aromatic heterocycles. The van der Waals surface area contributed by atoms with Crippen LogP contribution >= 0.6 is 0 Å². The number of fused-ring (bicyclic) bond motifs is 2. The number of benzene rings is 2. The van der Waals surface area contributed by atoms with E-state index in [1.54, 1.807) is 0 Å². The van der Waals surface area contributed by atoms with Crippen LogP contribution in [0.5, 0.6) is 0 Å². The Kier molecular flexibility index (Phi) is 1.82. The van der Waals surface area contributed by atoms with Crippen LogP contribution in [-0.2, 0) is 0 Å². The highest BCUT2D eigenvalue weighted by Gasteiger charge is 2.06. The second-order valence-electron chi connectivity index (χ2n) is 3.54. The lowest BCUT2D eigenvalue weighted by Crippen LogP contribution is -1.92. The third-order valence-corrected chi connectivity index (χ3v) is 2.55. The zero-order valence-corrected chi connectivity index (χ0v) is 8.20. The standard InChI is InChI=1S/C14H10N/c1-3-7-13-11(5-1)9-10-12-6-2-4-8-14(12)15-13/h1-5,7-10,15H. The number of anilines is 2. The Balaban J connectivity index is 2.19. The fourth-order valence-corrected chi connectivity index (χ4v) is 1.77. The molecule has 0 atom stereocenters. The lowest BCUT2D eigenvalue weighted by Gasteiger charge is -2.08. The van der Waals surface area contributed by atoms with Gasteiger partial charge in [-0.05, 0) is 23.8 Å². The van der Waals surface area contributed by atoms with E-state index >= 15 is 0 Å². The van der Waals surface area contributed by atoms with Crippen molar-refractivity contribution in [1.29, 1.82) is 0 Å². The highest BCUT2D eigenvalue weighted by molar-refractivity contribution is 5.87. The predicted octanol–water partition coefficient (Wildman–Crippen LogP) is 3.71. The molecular weight excluding hydrogens is 182 g/mol. The Hall–Kier alpha value is -2.02. The first-order valence-electron chi connectivity index (χ1n) is 4.98. The van der Waals surface area contributed by atoms with E-state index in [0.717, 1.165) is 16.9 Å². The van der Waals surface area contributed by atoms with Gasteiger partial charge < -0.3 is 5.32 Å². The Bertz CT molecular complexity index is 479. The molecule has 0 fully saturated rings. The van der Waals surface area contributed by atoms with Crippen molar-refractivity contribution in [2.75, 3.05) is 5.32 Å². The molecule has 1 nitrogen and oxygen atoms in total. The van der Waals surface area contributed by atoms with Crippen LogP contribution in [0.1, 0.15) is 11.1 Å². The molecule has 0 bridgehead atoms. The molecule has 1 heterocycles. The van der Waals surface area contributed by atoms with Crippen molar-refractivity contribution in [3.63, 3.8) is 0 Å². The van der Waals surface area contributed by atoms with Crippen LogP contribution < -0.4 is 5.32 Å². The zero-order chi connectivity index (χ0) is 10.1. The molecule has 0 unspecified atom stereocenters. The first-order valence-corrected chi connectivity index (χ1v) is 4.98. The van der Waals surface area contributed by atoms with Crippen LogP contribution in [0.2, 0.25) is 0 Å². The molecule has 1 aliphatic rings. The van der Waals surface area contributed by atoms with Gasteiger partial charge >= 0.3 is 0 Å². The van der Waals surface area contributed by atoms with Crippen molar-refractivity contribution in [2.45, 2.75) is 0 Å². The molecular formula is C14H10N. The van der Waals surface area contributed by atoms with Crippen LogP contribution in [0.4, 0.5) is 11.4 Å². The fraction of sp³-hybridized carbons (Fsp3) is 0. The summed E-state index contributed by atoms with van der Waals surface area (Å²) in [5, 5.41) is 3.41. The summed E-state index contributed by atoms with van der Waals surface area (Å²) in [7, 11) is 0. The van der Waals surface area contributed by atoms with Gasteiger partial charge in [0.05, 0.1) is 0 Å². The first-order chi connectivity index (χ1) is 7.43. The monoisotopic (exact) mass is 192 g/mol. The van der Waals surface area contributed by atoms with Gasteiger partial charge in [-0.3, -0.25) is 0 Å². The van der Waals surface area contributed by atoms with Gasteiger partial charge in [-0.15, -0.1) is 0 Å². The first kappa shape index (κ1) is 8.30. The summed E-state index contributed by atoms with van der Waals surface area (Å²) in [5.74, 6) is 0. The van der Waals surface area contributed by atoms with E-state index in [0.29, 0.717) is 0 Å².